The molecule has 0 aliphatic heterocycles. The van der Waals surface area contributed by atoms with Crippen LogP contribution in [0, 0.1) is 11.6 Å². The molecule has 3 rings (SSSR count). The van der Waals surface area contributed by atoms with Gasteiger partial charge in [0.15, 0.2) is 5.82 Å². The van der Waals surface area contributed by atoms with Gasteiger partial charge < -0.3 is 10.4 Å². The van der Waals surface area contributed by atoms with E-state index in [4.69, 9.17) is 5.84 Å². The molecule has 0 atom stereocenters. The summed E-state index contributed by atoms with van der Waals surface area (Å²) in [6.45, 7) is 4.50. The molecule has 2 aromatic heterocycles. The minimum atomic E-state index is -0.620. The Morgan fingerprint density at radius 2 is 2.00 bits per heavy atom. The fourth-order valence-electron chi connectivity index (χ4n) is 2.65. The van der Waals surface area contributed by atoms with Gasteiger partial charge in [-0.2, -0.15) is 5.10 Å². The second kappa shape index (κ2) is 8.30. The Labute approximate surface area is 160 Å². The first-order chi connectivity index (χ1) is 13.0. The maximum absolute atomic E-state index is 13.6. The summed E-state index contributed by atoms with van der Waals surface area (Å²) in [4.78, 5) is 9.24. The van der Waals surface area contributed by atoms with Crippen molar-refractivity contribution in [2.45, 2.75) is 36.2 Å². The van der Waals surface area contributed by atoms with Crippen LogP contribution >= 0.6 is 11.8 Å². The van der Waals surface area contributed by atoms with Crippen LogP contribution in [0.4, 0.5) is 8.78 Å². The lowest BCUT2D eigenvalue weighted by atomic mass is 10.1. The summed E-state index contributed by atoms with van der Waals surface area (Å²) >= 11 is 1.26. The molecule has 140 valence electrons. The quantitative estimate of drug-likeness (QED) is 0.391. The largest absolute Gasteiger partial charge is 0.323 e. The third kappa shape index (κ3) is 4.51. The molecule has 5 nitrogen and oxygen atoms in total. The van der Waals surface area contributed by atoms with Gasteiger partial charge in [0.05, 0.1) is 18.5 Å². The van der Waals surface area contributed by atoms with Gasteiger partial charge in [0, 0.05) is 23.4 Å². The van der Waals surface area contributed by atoms with E-state index in [9.17, 15) is 8.78 Å². The van der Waals surface area contributed by atoms with Crippen LogP contribution in [0.5, 0.6) is 0 Å². The van der Waals surface area contributed by atoms with Crippen molar-refractivity contribution >= 4 is 18.0 Å². The van der Waals surface area contributed by atoms with Crippen molar-refractivity contribution < 1.29 is 8.78 Å². The molecule has 3 aromatic rings. The summed E-state index contributed by atoms with van der Waals surface area (Å²) in [5.74, 6) is 4.79. The van der Waals surface area contributed by atoms with E-state index >= 15 is 0 Å². The number of nitrogens with zero attached hydrogens (tertiary/aromatic N) is 4. The molecule has 1 aromatic carbocycles. The molecule has 0 saturated carbocycles. The van der Waals surface area contributed by atoms with Gasteiger partial charge in [0.1, 0.15) is 16.7 Å². The normalized spacial score (nSPS) is 11.6. The predicted octanol–water partition coefficient (Wildman–Crippen LogP) is 4.17. The summed E-state index contributed by atoms with van der Waals surface area (Å²) in [5, 5.41) is 4.39. The van der Waals surface area contributed by atoms with E-state index in [-0.39, 0.29) is 5.92 Å². The Hall–Kier alpha value is -2.74. The third-order valence-corrected chi connectivity index (χ3v) is 4.92. The minimum Gasteiger partial charge on any atom is -0.323 e. The number of hydrogen-bond acceptors (Lipinski definition) is 5. The minimum absolute atomic E-state index is 0.103. The summed E-state index contributed by atoms with van der Waals surface area (Å²) < 4.78 is 29.2. The van der Waals surface area contributed by atoms with Crippen LogP contribution in [0.25, 0.3) is 0 Å². The number of pyridine rings is 1. The molecule has 0 saturated heterocycles. The fraction of sp³-hybridized carbons (Fsp3) is 0.211. The molecule has 0 aliphatic carbocycles. The number of benzene rings is 1. The summed E-state index contributed by atoms with van der Waals surface area (Å²) in [6.07, 6.45) is 4.93. The summed E-state index contributed by atoms with van der Waals surface area (Å²) in [7, 11) is 0. The van der Waals surface area contributed by atoms with Gasteiger partial charge in [0.25, 0.3) is 0 Å². The Morgan fingerprint density at radius 3 is 2.59 bits per heavy atom. The van der Waals surface area contributed by atoms with E-state index in [1.165, 1.54) is 30.1 Å². The number of hydrazone groups is 1. The molecule has 27 heavy (non-hydrogen) atoms. The summed E-state index contributed by atoms with van der Waals surface area (Å²) in [6, 6.07) is 7.25. The van der Waals surface area contributed by atoms with Crippen molar-refractivity contribution in [3.8, 4) is 0 Å². The Morgan fingerprint density at radius 1 is 1.26 bits per heavy atom. The van der Waals surface area contributed by atoms with E-state index in [0.29, 0.717) is 17.3 Å². The van der Waals surface area contributed by atoms with Crippen LogP contribution in [-0.4, -0.2) is 20.7 Å². The number of aromatic nitrogens is 3. The zero-order valence-corrected chi connectivity index (χ0v) is 15.8. The van der Waals surface area contributed by atoms with Gasteiger partial charge in [0.2, 0.25) is 0 Å². The number of rotatable bonds is 6. The average molecular weight is 387 g/mol. The first-order valence-electron chi connectivity index (χ1n) is 8.34. The highest BCUT2D eigenvalue weighted by Crippen LogP contribution is 2.35. The van der Waals surface area contributed by atoms with Crippen LogP contribution in [-0.2, 0) is 6.54 Å². The highest BCUT2D eigenvalue weighted by molar-refractivity contribution is 7.99. The molecular formula is C19H19F2N5S. The highest BCUT2D eigenvalue weighted by atomic mass is 32.2. The molecule has 2 heterocycles. The Balaban J connectivity index is 2.10. The topological polar surface area (TPSA) is 69.1 Å². The van der Waals surface area contributed by atoms with Crippen molar-refractivity contribution in [2.24, 2.45) is 10.9 Å². The lowest BCUT2D eigenvalue weighted by Gasteiger charge is -2.12. The van der Waals surface area contributed by atoms with Gasteiger partial charge in [-0.15, -0.1) is 0 Å². The first kappa shape index (κ1) is 19.0. The SMILES string of the molecule is CC(C)c1nc(C=NN)n(Cc2cccnc2)c1Sc1cc(F)cc(F)c1. The Kier molecular flexibility index (Phi) is 5.85. The number of halogens is 2. The van der Waals surface area contributed by atoms with Crippen molar-refractivity contribution in [3.63, 3.8) is 0 Å². The van der Waals surface area contributed by atoms with Crippen LogP contribution in [0.1, 0.15) is 36.8 Å². The third-order valence-electron chi connectivity index (χ3n) is 3.83. The van der Waals surface area contributed by atoms with E-state index in [0.717, 1.165) is 22.3 Å². The summed E-state index contributed by atoms with van der Waals surface area (Å²) in [5.41, 5.74) is 1.77. The zero-order chi connectivity index (χ0) is 19.4. The average Bonchev–Trinajstić information content (AvgIpc) is 2.93. The van der Waals surface area contributed by atoms with Gasteiger partial charge >= 0.3 is 0 Å². The predicted molar refractivity (Wildman–Crippen MR) is 102 cm³/mol. The number of hydrogen-bond donors (Lipinski definition) is 1. The highest BCUT2D eigenvalue weighted by Gasteiger charge is 2.20. The molecule has 2 N–H and O–H groups in total. The van der Waals surface area contributed by atoms with Crippen molar-refractivity contribution in [2.75, 3.05) is 0 Å². The van der Waals surface area contributed by atoms with E-state index in [2.05, 4.69) is 15.1 Å². The van der Waals surface area contributed by atoms with E-state index < -0.39 is 11.6 Å². The molecule has 0 radical (unpaired) electrons. The van der Waals surface area contributed by atoms with Gasteiger partial charge in [-0.3, -0.25) is 4.98 Å². The maximum atomic E-state index is 13.6. The van der Waals surface area contributed by atoms with Crippen LogP contribution in [0.15, 0.2) is 57.7 Å². The standard InChI is InChI=1S/C19H19F2N5S/c1-12(2)18-19(27-16-7-14(20)6-15(21)8-16)26(17(25-18)10-24-22)11-13-4-3-5-23-9-13/h3-10,12H,11,22H2,1-2H3. The second-order valence-corrected chi connectivity index (χ2v) is 7.31. The zero-order valence-electron chi connectivity index (χ0n) is 14.9. The molecular weight excluding hydrogens is 368 g/mol. The van der Waals surface area contributed by atoms with Crippen molar-refractivity contribution in [3.05, 3.63) is 71.4 Å². The number of imidazole rings is 1. The lowest BCUT2D eigenvalue weighted by molar-refractivity contribution is 0.577. The van der Waals surface area contributed by atoms with E-state index in [1.54, 1.807) is 12.4 Å². The lowest BCUT2D eigenvalue weighted by Crippen LogP contribution is -2.07. The molecule has 8 heteroatoms. The Bertz CT molecular complexity index is 934. The first-order valence-corrected chi connectivity index (χ1v) is 9.16. The monoisotopic (exact) mass is 387 g/mol. The van der Waals surface area contributed by atoms with Crippen molar-refractivity contribution in [1.82, 2.24) is 14.5 Å². The van der Waals surface area contributed by atoms with Gasteiger partial charge in [-0.25, -0.2) is 13.8 Å². The van der Waals surface area contributed by atoms with Crippen LogP contribution in [0.3, 0.4) is 0 Å². The molecule has 0 fully saturated rings. The van der Waals surface area contributed by atoms with E-state index in [1.807, 2.05) is 30.5 Å². The van der Waals surface area contributed by atoms with Gasteiger partial charge in [-0.05, 0) is 29.7 Å². The van der Waals surface area contributed by atoms with Crippen molar-refractivity contribution in [1.29, 1.82) is 0 Å². The molecule has 0 aliphatic rings. The maximum Gasteiger partial charge on any atom is 0.154 e. The number of nitrogens with two attached hydrogens (primary N) is 1. The van der Waals surface area contributed by atoms with Gasteiger partial charge in [-0.1, -0.05) is 31.7 Å². The molecule has 0 spiro atoms. The fourth-order valence-corrected chi connectivity index (χ4v) is 3.87. The molecule has 0 bridgehead atoms. The van der Waals surface area contributed by atoms with Crippen LogP contribution in [0.2, 0.25) is 0 Å². The smallest absolute Gasteiger partial charge is 0.154 e. The second-order valence-electron chi connectivity index (χ2n) is 6.25. The molecule has 0 amide bonds. The molecule has 0 unspecified atom stereocenters. The van der Waals surface area contributed by atoms with Crippen LogP contribution < -0.4 is 5.84 Å².